The Bertz CT molecular complexity index is 406. The fourth-order valence-corrected chi connectivity index (χ4v) is 1.01. The average Bonchev–Trinajstić information content (AvgIpc) is 2.30. The minimum absolute atomic E-state index is 0.249. The summed E-state index contributed by atoms with van der Waals surface area (Å²) in [5, 5.41) is 8.10. The molecule has 0 saturated heterocycles. The average molecular weight is 190 g/mol. The fraction of sp³-hybridized carbons (Fsp3) is 0. The highest BCUT2D eigenvalue weighted by atomic mass is 32.2. The standard InChI is InChI=1S/C4H6N4O3S/c5-4(9)8-2-3(1-7-8)12(6,10)11/h1-2H,(H2,5,9)(H2,6,10,11). The lowest BCUT2D eigenvalue weighted by Gasteiger charge is -1.89. The molecular formula is C4H6N4O3S. The van der Waals surface area contributed by atoms with E-state index in [4.69, 9.17) is 10.9 Å². The zero-order valence-corrected chi connectivity index (χ0v) is 6.65. The van der Waals surface area contributed by atoms with Gasteiger partial charge in [-0.15, -0.1) is 0 Å². The van der Waals surface area contributed by atoms with E-state index in [1.807, 2.05) is 0 Å². The lowest BCUT2D eigenvalue weighted by molar-refractivity contribution is 0.247. The van der Waals surface area contributed by atoms with E-state index in [0.29, 0.717) is 4.68 Å². The van der Waals surface area contributed by atoms with Crippen molar-refractivity contribution in [3.05, 3.63) is 12.4 Å². The summed E-state index contributed by atoms with van der Waals surface area (Å²) < 4.78 is 22.0. The first-order valence-electron chi connectivity index (χ1n) is 2.78. The molecule has 1 aromatic rings. The van der Waals surface area contributed by atoms with Crippen molar-refractivity contribution in [1.29, 1.82) is 0 Å². The van der Waals surface area contributed by atoms with Gasteiger partial charge in [0.2, 0.25) is 10.0 Å². The van der Waals surface area contributed by atoms with Crippen LogP contribution in [0.15, 0.2) is 17.3 Å². The number of aromatic nitrogens is 2. The number of carbonyl (C=O) groups excluding carboxylic acids is 1. The van der Waals surface area contributed by atoms with Crippen molar-refractivity contribution in [2.24, 2.45) is 10.9 Å². The van der Waals surface area contributed by atoms with Gasteiger partial charge in [0, 0.05) is 0 Å². The predicted octanol–water partition coefficient (Wildman–Crippen LogP) is -1.54. The number of rotatable bonds is 1. The van der Waals surface area contributed by atoms with Crippen molar-refractivity contribution in [3.63, 3.8) is 0 Å². The molecule has 0 aliphatic rings. The Morgan fingerprint density at radius 2 is 2.17 bits per heavy atom. The molecule has 4 N–H and O–H groups in total. The summed E-state index contributed by atoms with van der Waals surface area (Å²) in [4.78, 5) is 10.2. The first-order chi connectivity index (χ1) is 5.41. The molecule has 0 unspecified atom stereocenters. The third kappa shape index (κ3) is 1.60. The number of primary amides is 1. The smallest absolute Gasteiger partial charge is 0.339 e. The Morgan fingerprint density at radius 1 is 1.58 bits per heavy atom. The first-order valence-corrected chi connectivity index (χ1v) is 4.33. The van der Waals surface area contributed by atoms with Gasteiger partial charge in [0.1, 0.15) is 4.90 Å². The second-order valence-electron chi connectivity index (χ2n) is 2.00. The van der Waals surface area contributed by atoms with Crippen LogP contribution in [-0.2, 0) is 10.0 Å². The molecule has 0 spiro atoms. The van der Waals surface area contributed by atoms with Crippen LogP contribution in [0.1, 0.15) is 0 Å². The van der Waals surface area contributed by atoms with Crippen LogP contribution in [0.3, 0.4) is 0 Å². The van der Waals surface area contributed by atoms with E-state index in [1.165, 1.54) is 0 Å². The van der Waals surface area contributed by atoms with Crippen molar-refractivity contribution >= 4 is 16.1 Å². The summed E-state index contributed by atoms with van der Waals surface area (Å²) in [6, 6.07) is -0.870. The van der Waals surface area contributed by atoms with Crippen LogP contribution in [0, 0.1) is 0 Å². The highest BCUT2D eigenvalue weighted by Crippen LogP contribution is 2.02. The number of nitrogens with zero attached hydrogens (tertiary/aromatic N) is 2. The highest BCUT2D eigenvalue weighted by Gasteiger charge is 2.11. The molecule has 1 heterocycles. The fourth-order valence-electron chi connectivity index (χ4n) is 0.574. The molecule has 0 bridgehead atoms. The number of carbonyl (C=O) groups is 1. The van der Waals surface area contributed by atoms with Crippen molar-refractivity contribution in [2.75, 3.05) is 0 Å². The van der Waals surface area contributed by atoms with Crippen LogP contribution >= 0.6 is 0 Å². The molecule has 12 heavy (non-hydrogen) atoms. The molecular weight excluding hydrogens is 184 g/mol. The molecule has 0 aromatic carbocycles. The van der Waals surface area contributed by atoms with Gasteiger partial charge >= 0.3 is 6.03 Å². The summed E-state index contributed by atoms with van der Waals surface area (Å²) in [5.74, 6) is 0. The number of primary sulfonamides is 1. The van der Waals surface area contributed by atoms with Crippen molar-refractivity contribution < 1.29 is 13.2 Å². The molecule has 1 rings (SSSR count). The molecule has 0 atom stereocenters. The Morgan fingerprint density at radius 3 is 2.42 bits per heavy atom. The first kappa shape index (κ1) is 8.68. The molecule has 1 aromatic heterocycles. The monoisotopic (exact) mass is 190 g/mol. The Kier molecular flexibility index (Phi) is 1.86. The number of nitrogens with two attached hydrogens (primary N) is 2. The molecule has 0 saturated carbocycles. The SMILES string of the molecule is NC(=O)n1cc(S(N)(=O)=O)cn1. The largest absolute Gasteiger partial charge is 0.350 e. The maximum absolute atomic E-state index is 10.6. The van der Waals surface area contributed by atoms with E-state index in [1.54, 1.807) is 0 Å². The van der Waals surface area contributed by atoms with Gasteiger partial charge in [-0.1, -0.05) is 0 Å². The van der Waals surface area contributed by atoms with E-state index in [2.05, 4.69) is 5.10 Å². The van der Waals surface area contributed by atoms with Gasteiger partial charge in [-0.3, -0.25) is 0 Å². The minimum Gasteiger partial charge on any atom is -0.350 e. The van der Waals surface area contributed by atoms with Gasteiger partial charge in [-0.25, -0.2) is 18.4 Å². The van der Waals surface area contributed by atoms with E-state index >= 15 is 0 Å². The summed E-state index contributed by atoms with van der Waals surface area (Å²) in [5.41, 5.74) is 4.80. The van der Waals surface area contributed by atoms with Crippen LogP contribution in [-0.4, -0.2) is 24.2 Å². The van der Waals surface area contributed by atoms with Crippen molar-refractivity contribution in [3.8, 4) is 0 Å². The zero-order valence-electron chi connectivity index (χ0n) is 5.84. The molecule has 0 aliphatic carbocycles. The van der Waals surface area contributed by atoms with Gasteiger partial charge < -0.3 is 5.73 Å². The van der Waals surface area contributed by atoms with Crippen LogP contribution in [0.25, 0.3) is 0 Å². The minimum atomic E-state index is -3.81. The molecule has 0 fully saturated rings. The van der Waals surface area contributed by atoms with Gasteiger partial charge in [0.15, 0.2) is 0 Å². The van der Waals surface area contributed by atoms with E-state index < -0.39 is 16.1 Å². The van der Waals surface area contributed by atoms with Crippen LogP contribution < -0.4 is 10.9 Å². The maximum Gasteiger partial charge on any atom is 0.339 e. The van der Waals surface area contributed by atoms with Gasteiger partial charge in [-0.2, -0.15) is 9.78 Å². The third-order valence-electron chi connectivity index (χ3n) is 1.11. The highest BCUT2D eigenvalue weighted by molar-refractivity contribution is 7.89. The van der Waals surface area contributed by atoms with Crippen LogP contribution in [0.4, 0.5) is 4.79 Å². The van der Waals surface area contributed by atoms with Crippen molar-refractivity contribution in [2.45, 2.75) is 4.90 Å². The van der Waals surface area contributed by atoms with E-state index in [-0.39, 0.29) is 4.90 Å². The molecule has 66 valence electrons. The topological polar surface area (TPSA) is 121 Å². The molecule has 8 heteroatoms. The number of amides is 1. The normalized spacial score (nSPS) is 11.4. The second-order valence-corrected chi connectivity index (χ2v) is 3.57. The number of hydrogen-bond donors (Lipinski definition) is 2. The summed E-state index contributed by atoms with van der Waals surface area (Å²) in [7, 11) is -3.81. The van der Waals surface area contributed by atoms with E-state index in [9.17, 15) is 13.2 Å². The third-order valence-corrected chi connectivity index (χ3v) is 1.98. The van der Waals surface area contributed by atoms with Crippen LogP contribution in [0.5, 0.6) is 0 Å². The van der Waals surface area contributed by atoms with Crippen LogP contribution in [0.2, 0.25) is 0 Å². The summed E-state index contributed by atoms with van der Waals surface area (Å²) in [6.07, 6.45) is 1.89. The second kappa shape index (κ2) is 2.57. The molecule has 7 nitrogen and oxygen atoms in total. The summed E-state index contributed by atoms with van der Waals surface area (Å²) in [6.45, 7) is 0. The maximum atomic E-state index is 10.6. The number of hydrogen-bond acceptors (Lipinski definition) is 4. The van der Waals surface area contributed by atoms with Gasteiger partial charge in [0.05, 0.1) is 12.4 Å². The Hall–Kier alpha value is -1.41. The predicted molar refractivity (Wildman–Crippen MR) is 38.6 cm³/mol. The van der Waals surface area contributed by atoms with Crippen molar-refractivity contribution in [1.82, 2.24) is 9.78 Å². The van der Waals surface area contributed by atoms with Gasteiger partial charge in [-0.05, 0) is 0 Å². The lowest BCUT2D eigenvalue weighted by atomic mass is 10.7. The quantitative estimate of drug-likeness (QED) is 0.557. The molecule has 0 aliphatic heterocycles. The zero-order chi connectivity index (χ0) is 9.35. The molecule has 1 amide bonds. The lowest BCUT2D eigenvalue weighted by Crippen LogP contribution is -2.20. The van der Waals surface area contributed by atoms with Gasteiger partial charge in [0.25, 0.3) is 0 Å². The summed E-state index contributed by atoms with van der Waals surface area (Å²) >= 11 is 0. The van der Waals surface area contributed by atoms with E-state index in [0.717, 1.165) is 12.4 Å². The molecule has 0 radical (unpaired) electrons. The Balaban J connectivity index is 3.17. The Labute approximate surface area is 68.0 Å². The number of sulfonamides is 1.